The number of pyridine rings is 1. The first kappa shape index (κ1) is 14.7. The van der Waals surface area contributed by atoms with Crippen LogP contribution in [0, 0.1) is 10.1 Å². The summed E-state index contributed by atoms with van der Waals surface area (Å²) < 4.78 is 5.63. The van der Waals surface area contributed by atoms with Gasteiger partial charge in [-0.1, -0.05) is 0 Å². The number of rotatable bonds is 3. The van der Waals surface area contributed by atoms with Crippen molar-refractivity contribution >= 4 is 5.69 Å². The van der Waals surface area contributed by atoms with Gasteiger partial charge in [-0.05, 0) is 6.07 Å². The monoisotopic (exact) mass is 273 g/mol. The molecule has 0 aliphatic carbocycles. The first-order valence-corrected chi connectivity index (χ1v) is 5.74. The standard InChI is InChI=1S/C11H15N3O3.ClH/c1-13-7-4-9(5-8-13)17-11-10(14(15)16)3-2-6-12-11;/h2-3,6,9H,4-5,7-8H2,1H3;1H. The number of piperidine rings is 1. The molecular weight excluding hydrogens is 258 g/mol. The third-order valence-corrected chi connectivity index (χ3v) is 3.01. The summed E-state index contributed by atoms with van der Waals surface area (Å²) >= 11 is 0. The highest BCUT2D eigenvalue weighted by Gasteiger charge is 2.24. The van der Waals surface area contributed by atoms with E-state index in [9.17, 15) is 10.1 Å². The Labute approximate surface area is 112 Å². The third-order valence-electron chi connectivity index (χ3n) is 3.01. The van der Waals surface area contributed by atoms with Gasteiger partial charge >= 0.3 is 5.69 Å². The van der Waals surface area contributed by atoms with E-state index in [4.69, 9.17) is 4.74 Å². The molecule has 0 saturated carbocycles. The van der Waals surface area contributed by atoms with Gasteiger partial charge in [0, 0.05) is 25.1 Å². The molecule has 7 heteroatoms. The summed E-state index contributed by atoms with van der Waals surface area (Å²) in [4.78, 5) is 15.8. The van der Waals surface area contributed by atoms with Crippen LogP contribution < -0.4 is 22.0 Å². The van der Waals surface area contributed by atoms with Crippen molar-refractivity contribution in [1.82, 2.24) is 4.98 Å². The molecule has 0 amide bonds. The summed E-state index contributed by atoms with van der Waals surface area (Å²) in [7, 11) is 2.14. The van der Waals surface area contributed by atoms with Crippen LogP contribution in [-0.4, -0.2) is 36.1 Å². The van der Waals surface area contributed by atoms with Crippen molar-refractivity contribution in [2.24, 2.45) is 0 Å². The van der Waals surface area contributed by atoms with E-state index in [-0.39, 0.29) is 30.1 Å². The lowest BCUT2D eigenvalue weighted by molar-refractivity contribution is -0.885. The molecular formula is C11H16ClN3O3. The summed E-state index contributed by atoms with van der Waals surface area (Å²) in [5, 5.41) is 10.8. The average molecular weight is 274 g/mol. The number of ether oxygens (including phenoxy) is 1. The molecule has 1 aliphatic rings. The van der Waals surface area contributed by atoms with E-state index < -0.39 is 4.92 Å². The van der Waals surface area contributed by atoms with Gasteiger partial charge in [-0.15, -0.1) is 0 Å². The van der Waals surface area contributed by atoms with E-state index in [1.54, 1.807) is 6.07 Å². The highest BCUT2D eigenvalue weighted by molar-refractivity contribution is 5.39. The maximum Gasteiger partial charge on any atom is 0.330 e. The first-order valence-electron chi connectivity index (χ1n) is 5.74. The Morgan fingerprint density at radius 1 is 1.50 bits per heavy atom. The van der Waals surface area contributed by atoms with Gasteiger partial charge in [0.2, 0.25) is 0 Å². The number of nitrogens with zero attached hydrogens (tertiary/aromatic N) is 2. The lowest BCUT2D eigenvalue weighted by Gasteiger charge is -2.26. The lowest BCUT2D eigenvalue weighted by atomic mass is 10.1. The second-order valence-corrected chi connectivity index (χ2v) is 4.36. The molecule has 0 bridgehead atoms. The van der Waals surface area contributed by atoms with E-state index in [1.165, 1.54) is 17.2 Å². The van der Waals surface area contributed by atoms with Crippen molar-refractivity contribution < 1.29 is 27.0 Å². The normalized spacial score (nSPS) is 22.9. The van der Waals surface area contributed by atoms with Crippen LogP contribution in [0.15, 0.2) is 18.3 Å². The van der Waals surface area contributed by atoms with Crippen LogP contribution in [0.3, 0.4) is 0 Å². The van der Waals surface area contributed by atoms with Gasteiger partial charge in [0.1, 0.15) is 6.10 Å². The SMILES string of the molecule is C[NH+]1CCC(Oc2ncccc2[N+](=O)[O-])CC1.[Cl-]. The number of likely N-dealkylation sites (tertiary alicyclic amines) is 1. The molecule has 1 aliphatic heterocycles. The molecule has 1 aromatic heterocycles. The first-order chi connectivity index (χ1) is 8.16. The van der Waals surface area contributed by atoms with E-state index in [0.717, 1.165) is 25.9 Å². The summed E-state index contributed by atoms with van der Waals surface area (Å²) in [6.07, 6.45) is 3.40. The van der Waals surface area contributed by atoms with Gasteiger partial charge in [-0.25, -0.2) is 4.98 Å². The van der Waals surface area contributed by atoms with Crippen LogP contribution in [0.2, 0.25) is 0 Å². The van der Waals surface area contributed by atoms with Crippen LogP contribution in [0.1, 0.15) is 12.8 Å². The van der Waals surface area contributed by atoms with Gasteiger partial charge in [-0.3, -0.25) is 10.1 Å². The predicted octanol–water partition coefficient (Wildman–Crippen LogP) is -2.95. The Bertz CT molecular complexity index is 408. The minimum atomic E-state index is -0.456. The summed E-state index contributed by atoms with van der Waals surface area (Å²) in [5.41, 5.74) is -0.0567. The fraction of sp³-hybridized carbons (Fsp3) is 0.545. The number of nitro groups is 1. The van der Waals surface area contributed by atoms with Crippen molar-refractivity contribution in [3.8, 4) is 5.88 Å². The molecule has 6 nitrogen and oxygen atoms in total. The van der Waals surface area contributed by atoms with Crippen LogP contribution in [-0.2, 0) is 0 Å². The van der Waals surface area contributed by atoms with E-state index in [0.29, 0.717) is 0 Å². The number of quaternary nitrogens is 1. The molecule has 1 saturated heterocycles. The quantitative estimate of drug-likeness (QED) is 0.472. The van der Waals surface area contributed by atoms with Gasteiger partial charge in [0.15, 0.2) is 0 Å². The van der Waals surface area contributed by atoms with Crippen LogP contribution in [0.4, 0.5) is 5.69 Å². The van der Waals surface area contributed by atoms with Crippen molar-refractivity contribution in [3.63, 3.8) is 0 Å². The maximum atomic E-state index is 10.8. The summed E-state index contributed by atoms with van der Waals surface area (Å²) in [6.45, 7) is 2.07. The minimum absolute atomic E-state index is 0. The van der Waals surface area contributed by atoms with Gasteiger partial charge in [0.05, 0.1) is 25.1 Å². The zero-order valence-corrected chi connectivity index (χ0v) is 10.9. The zero-order chi connectivity index (χ0) is 12.3. The third kappa shape index (κ3) is 3.54. The fourth-order valence-electron chi connectivity index (χ4n) is 1.97. The van der Waals surface area contributed by atoms with E-state index >= 15 is 0 Å². The second kappa shape index (κ2) is 6.51. The van der Waals surface area contributed by atoms with Crippen molar-refractivity contribution in [3.05, 3.63) is 28.4 Å². The summed E-state index contributed by atoms with van der Waals surface area (Å²) in [6, 6.07) is 2.96. The molecule has 0 radical (unpaired) electrons. The topological polar surface area (TPSA) is 69.7 Å². The molecule has 0 atom stereocenters. The van der Waals surface area contributed by atoms with Crippen molar-refractivity contribution in [1.29, 1.82) is 0 Å². The Balaban J connectivity index is 0.00000162. The lowest BCUT2D eigenvalue weighted by Crippen LogP contribution is -3.10. The molecule has 100 valence electrons. The largest absolute Gasteiger partial charge is 1.00 e. The van der Waals surface area contributed by atoms with Crippen LogP contribution in [0.5, 0.6) is 5.88 Å². The Morgan fingerprint density at radius 3 is 2.78 bits per heavy atom. The Kier molecular flexibility index (Phi) is 5.30. The molecule has 0 spiro atoms. The molecule has 0 unspecified atom stereocenters. The number of hydrogen-bond acceptors (Lipinski definition) is 4. The fourth-order valence-corrected chi connectivity index (χ4v) is 1.97. The Hall–Kier alpha value is -1.40. The van der Waals surface area contributed by atoms with Crippen LogP contribution in [0.25, 0.3) is 0 Å². The van der Waals surface area contributed by atoms with Crippen molar-refractivity contribution in [2.45, 2.75) is 18.9 Å². The molecule has 0 aromatic carbocycles. The predicted molar refractivity (Wildman–Crippen MR) is 61.2 cm³/mol. The zero-order valence-electron chi connectivity index (χ0n) is 10.1. The second-order valence-electron chi connectivity index (χ2n) is 4.36. The molecule has 2 rings (SSSR count). The number of nitrogens with one attached hydrogen (secondary N) is 1. The van der Waals surface area contributed by atoms with Crippen LogP contribution >= 0.6 is 0 Å². The van der Waals surface area contributed by atoms with Gasteiger partial charge in [0.25, 0.3) is 5.88 Å². The average Bonchev–Trinajstić information content (AvgIpc) is 2.32. The molecule has 1 aromatic rings. The van der Waals surface area contributed by atoms with Crippen molar-refractivity contribution in [2.75, 3.05) is 20.1 Å². The van der Waals surface area contributed by atoms with E-state index in [1.807, 2.05) is 0 Å². The van der Waals surface area contributed by atoms with Gasteiger partial charge in [-0.2, -0.15) is 0 Å². The minimum Gasteiger partial charge on any atom is -1.00 e. The van der Waals surface area contributed by atoms with E-state index in [2.05, 4.69) is 12.0 Å². The molecule has 1 fully saturated rings. The maximum absolute atomic E-state index is 10.8. The van der Waals surface area contributed by atoms with Gasteiger partial charge < -0.3 is 22.0 Å². The number of hydrogen-bond donors (Lipinski definition) is 1. The highest BCUT2D eigenvalue weighted by Crippen LogP contribution is 2.25. The Morgan fingerprint density at radius 2 is 2.17 bits per heavy atom. The molecule has 1 N–H and O–H groups in total. The highest BCUT2D eigenvalue weighted by atomic mass is 35.5. The number of halogens is 1. The summed E-state index contributed by atoms with van der Waals surface area (Å²) in [5.74, 6) is 0.141. The number of aromatic nitrogens is 1. The molecule has 18 heavy (non-hydrogen) atoms. The molecule has 2 heterocycles. The smallest absolute Gasteiger partial charge is 0.330 e.